The molecule has 4 aromatic carbocycles. The number of carbonyl (C=O) groups is 1. The number of hydrogen-bond donors (Lipinski definition) is 2. The standard InChI is InChI=1S/C18H14BrN3O.C18H12BrN3/c19-14-10-8-13(9-11-14)18(23)22-16-7-4-12-20-17(16)21-15-5-2-1-3-6-15;19-14-10-8-13(9-11-14)17-21-16-7-4-12-20-18(16)22(17)15-5-2-1-3-6-15/h1-12H,(H,20,21)(H,22,23);1-12H. The number of aromatic nitrogens is 4. The molecule has 3 heterocycles. The molecule has 0 saturated carbocycles. The van der Waals surface area contributed by atoms with Gasteiger partial charge in [0.05, 0.1) is 5.69 Å². The summed E-state index contributed by atoms with van der Waals surface area (Å²) in [6, 6.07) is 42.8. The predicted molar refractivity (Wildman–Crippen MR) is 188 cm³/mol. The lowest BCUT2D eigenvalue weighted by Gasteiger charge is -2.12. The fraction of sp³-hybridized carbons (Fsp3) is 0. The van der Waals surface area contributed by atoms with E-state index < -0.39 is 0 Å². The molecule has 0 aliphatic carbocycles. The highest BCUT2D eigenvalue weighted by molar-refractivity contribution is 9.10. The number of para-hydroxylation sites is 2. The Balaban J connectivity index is 0.000000159. The molecule has 0 fully saturated rings. The third-order valence-electron chi connectivity index (χ3n) is 6.73. The van der Waals surface area contributed by atoms with Crippen LogP contribution in [0.2, 0.25) is 0 Å². The van der Waals surface area contributed by atoms with Gasteiger partial charge in [0.2, 0.25) is 0 Å². The highest BCUT2D eigenvalue weighted by atomic mass is 79.9. The van der Waals surface area contributed by atoms with Gasteiger partial charge >= 0.3 is 0 Å². The number of carbonyl (C=O) groups excluding carboxylic acids is 1. The number of benzene rings is 4. The summed E-state index contributed by atoms with van der Waals surface area (Å²) in [6.07, 6.45) is 3.48. The number of anilines is 3. The first-order chi connectivity index (χ1) is 22.0. The largest absolute Gasteiger partial charge is 0.339 e. The molecule has 220 valence electrons. The van der Waals surface area contributed by atoms with E-state index in [1.165, 1.54) is 0 Å². The van der Waals surface area contributed by atoms with Gasteiger partial charge in [0.15, 0.2) is 11.5 Å². The summed E-state index contributed by atoms with van der Waals surface area (Å²) >= 11 is 6.83. The van der Waals surface area contributed by atoms with Crippen molar-refractivity contribution < 1.29 is 4.79 Å². The second-order valence-electron chi connectivity index (χ2n) is 9.81. The Hall–Kier alpha value is -5.12. The van der Waals surface area contributed by atoms with E-state index in [1.54, 1.807) is 30.6 Å². The number of nitrogens with one attached hydrogen (secondary N) is 2. The fourth-order valence-corrected chi connectivity index (χ4v) is 5.12. The molecule has 7 rings (SSSR count). The number of fused-ring (bicyclic) bond motifs is 1. The molecular weight excluding hydrogens is 692 g/mol. The van der Waals surface area contributed by atoms with Crippen molar-refractivity contribution in [2.24, 2.45) is 0 Å². The zero-order valence-electron chi connectivity index (χ0n) is 23.8. The minimum Gasteiger partial charge on any atom is -0.339 e. The Labute approximate surface area is 277 Å². The van der Waals surface area contributed by atoms with Gasteiger partial charge in [-0.2, -0.15) is 0 Å². The maximum Gasteiger partial charge on any atom is 0.255 e. The summed E-state index contributed by atoms with van der Waals surface area (Å²) < 4.78 is 4.08. The molecule has 7 aromatic rings. The minimum atomic E-state index is -0.179. The molecule has 0 spiro atoms. The molecule has 0 radical (unpaired) electrons. The van der Waals surface area contributed by atoms with Gasteiger partial charge in [0, 0.05) is 43.8 Å². The number of nitrogens with zero attached hydrogens (tertiary/aromatic N) is 4. The number of imidazole rings is 1. The second kappa shape index (κ2) is 14.1. The number of halogens is 2. The summed E-state index contributed by atoms with van der Waals surface area (Å²) in [7, 11) is 0. The van der Waals surface area contributed by atoms with Gasteiger partial charge in [-0.1, -0.05) is 80.4 Å². The summed E-state index contributed by atoms with van der Waals surface area (Å²) in [5, 5.41) is 6.09. The molecule has 0 unspecified atom stereocenters. The maximum absolute atomic E-state index is 12.3. The first-order valence-electron chi connectivity index (χ1n) is 14.0. The van der Waals surface area contributed by atoms with Gasteiger partial charge in [-0.15, -0.1) is 0 Å². The quantitative estimate of drug-likeness (QED) is 0.179. The van der Waals surface area contributed by atoms with Crippen LogP contribution in [-0.2, 0) is 0 Å². The Morgan fingerprint density at radius 3 is 1.98 bits per heavy atom. The van der Waals surface area contributed by atoms with Crippen LogP contribution in [0.25, 0.3) is 28.2 Å². The third-order valence-corrected chi connectivity index (χ3v) is 7.79. The van der Waals surface area contributed by atoms with Crippen molar-refractivity contribution in [3.8, 4) is 17.1 Å². The molecule has 2 N–H and O–H groups in total. The average molecular weight is 718 g/mol. The van der Waals surface area contributed by atoms with Crippen LogP contribution in [0.1, 0.15) is 10.4 Å². The summed E-state index contributed by atoms with van der Waals surface area (Å²) in [5.41, 5.74) is 6.00. The summed E-state index contributed by atoms with van der Waals surface area (Å²) in [4.78, 5) is 25.9. The number of amides is 1. The van der Waals surface area contributed by atoms with Gasteiger partial charge in [-0.05, 0) is 84.9 Å². The topological polar surface area (TPSA) is 84.7 Å². The molecule has 0 saturated heterocycles. The lowest BCUT2D eigenvalue weighted by molar-refractivity contribution is 0.102. The highest BCUT2D eigenvalue weighted by Gasteiger charge is 2.15. The molecule has 9 heteroatoms. The Morgan fingerprint density at radius 2 is 1.27 bits per heavy atom. The predicted octanol–water partition coefficient (Wildman–Crippen LogP) is 9.69. The zero-order valence-corrected chi connectivity index (χ0v) is 27.0. The van der Waals surface area contributed by atoms with E-state index in [1.807, 2.05) is 91.0 Å². The van der Waals surface area contributed by atoms with Crippen molar-refractivity contribution in [2.45, 2.75) is 0 Å². The molecule has 7 nitrogen and oxygen atoms in total. The van der Waals surface area contributed by atoms with Gasteiger partial charge in [0.25, 0.3) is 5.91 Å². The van der Waals surface area contributed by atoms with E-state index >= 15 is 0 Å². The van der Waals surface area contributed by atoms with Crippen LogP contribution < -0.4 is 10.6 Å². The number of hydrogen-bond acceptors (Lipinski definition) is 5. The Morgan fingerprint density at radius 1 is 0.644 bits per heavy atom. The SMILES string of the molecule is Brc1ccc(-c2nc3cccnc3n2-c2ccccc2)cc1.O=C(Nc1cccnc1Nc1ccccc1)c1ccc(Br)cc1. The zero-order chi connectivity index (χ0) is 31.0. The van der Waals surface area contributed by atoms with Gasteiger partial charge in [-0.25, -0.2) is 15.0 Å². The molecular formula is C36H26Br2N6O. The van der Waals surface area contributed by atoms with Crippen molar-refractivity contribution in [1.29, 1.82) is 0 Å². The third kappa shape index (κ3) is 7.34. The monoisotopic (exact) mass is 716 g/mol. The van der Waals surface area contributed by atoms with Crippen molar-refractivity contribution in [3.05, 3.63) is 160 Å². The van der Waals surface area contributed by atoms with E-state index in [0.29, 0.717) is 17.1 Å². The normalized spacial score (nSPS) is 10.5. The van der Waals surface area contributed by atoms with Crippen LogP contribution in [-0.4, -0.2) is 25.4 Å². The van der Waals surface area contributed by atoms with Crippen molar-refractivity contribution in [1.82, 2.24) is 19.5 Å². The molecule has 0 aliphatic rings. The lowest BCUT2D eigenvalue weighted by atomic mass is 10.2. The smallest absolute Gasteiger partial charge is 0.255 e. The van der Waals surface area contributed by atoms with Crippen LogP contribution in [0.15, 0.2) is 155 Å². The number of rotatable bonds is 6. The van der Waals surface area contributed by atoms with Crippen LogP contribution in [0.3, 0.4) is 0 Å². The molecule has 0 bridgehead atoms. The first kappa shape index (κ1) is 29.9. The van der Waals surface area contributed by atoms with Crippen LogP contribution in [0.4, 0.5) is 17.2 Å². The highest BCUT2D eigenvalue weighted by Crippen LogP contribution is 2.28. The van der Waals surface area contributed by atoms with E-state index in [4.69, 9.17) is 4.98 Å². The van der Waals surface area contributed by atoms with E-state index in [9.17, 15) is 4.79 Å². The van der Waals surface area contributed by atoms with Crippen LogP contribution >= 0.6 is 31.9 Å². The molecule has 0 atom stereocenters. The van der Waals surface area contributed by atoms with Gasteiger partial charge in [-0.3, -0.25) is 9.36 Å². The summed E-state index contributed by atoms with van der Waals surface area (Å²) in [5.74, 6) is 1.32. The van der Waals surface area contributed by atoms with Crippen molar-refractivity contribution >= 4 is 66.1 Å². The van der Waals surface area contributed by atoms with Gasteiger partial charge in [0.1, 0.15) is 11.3 Å². The van der Waals surface area contributed by atoms with Crippen LogP contribution in [0.5, 0.6) is 0 Å². The molecule has 1 amide bonds. The Bertz CT molecular complexity index is 2030. The van der Waals surface area contributed by atoms with Gasteiger partial charge < -0.3 is 10.6 Å². The van der Waals surface area contributed by atoms with E-state index in [0.717, 1.165) is 42.9 Å². The van der Waals surface area contributed by atoms with E-state index in [2.05, 4.69) is 81.3 Å². The average Bonchev–Trinajstić information content (AvgIpc) is 3.47. The maximum atomic E-state index is 12.3. The van der Waals surface area contributed by atoms with Crippen LogP contribution in [0, 0.1) is 0 Å². The molecule has 0 aliphatic heterocycles. The number of pyridine rings is 2. The summed E-state index contributed by atoms with van der Waals surface area (Å²) in [6.45, 7) is 0. The van der Waals surface area contributed by atoms with Crippen molar-refractivity contribution in [2.75, 3.05) is 10.6 Å². The van der Waals surface area contributed by atoms with E-state index in [-0.39, 0.29) is 5.91 Å². The fourth-order valence-electron chi connectivity index (χ4n) is 4.59. The Kier molecular flexibility index (Phi) is 9.38. The first-order valence-corrected chi connectivity index (χ1v) is 15.6. The minimum absolute atomic E-state index is 0.179. The van der Waals surface area contributed by atoms with Crippen molar-refractivity contribution in [3.63, 3.8) is 0 Å². The lowest BCUT2D eigenvalue weighted by Crippen LogP contribution is -2.13. The molecule has 45 heavy (non-hydrogen) atoms. The molecule has 3 aromatic heterocycles. The second-order valence-corrected chi connectivity index (χ2v) is 11.6.